The first kappa shape index (κ1) is 24.0. The summed E-state index contributed by atoms with van der Waals surface area (Å²) in [5.41, 5.74) is -0.271. The van der Waals surface area contributed by atoms with E-state index in [2.05, 4.69) is 18.1 Å². The minimum Gasteiger partial charge on any atom is -0.501 e. The summed E-state index contributed by atoms with van der Waals surface area (Å²) in [6.07, 6.45) is -1.40. The van der Waals surface area contributed by atoms with E-state index in [0.717, 1.165) is 12.1 Å². The number of fused-ring (bicyclic) bond motifs is 1. The normalized spacial score (nSPS) is 14.7. The summed E-state index contributed by atoms with van der Waals surface area (Å²) in [5.74, 6) is -0.930. The molecule has 0 unspecified atom stereocenters. The van der Waals surface area contributed by atoms with Gasteiger partial charge in [0.05, 0.1) is 5.56 Å². The number of halogens is 3. The number of aromatic hydroxyl groups is 1. The van der Waals surface area contributed by atoms with Crippen LogP contribution in [0.4, 0.5) is 13.2 Å². The molecule has 1 aromatic carbocycles. The number of aromatic nitrogens is 2. The van der Waals surface area contributed by atoms with E-state index in [-0.39, 0.29) is 24.0 Å². The van der Waals surface area contributed by atoms with Crippen LogP contribution in [0.1, 0.15) is 41.3 Å². The third kappa shape index (κ3) is 4.62. The van der Waals surface area contributed by atoms with Crippen LogP contribution in [0, 0.1) is 0 Å². The number of carbonyl (C=O) groups excluding carboxylic acids is 1. The molecule has 2 heterocycles. The van der Waals surface area contributed by atoms with Crippen LogP contribution in [-0.4, -0.2) is 38.1 Å². The summed E-state index contributed by atoms with van der Waals surface area (Å²) in [6, 6.07) is 4.50. The number of nitrogens with zero attached hydrogens (tertiary/aromatic N) is 3. The first-order chi connectivity index (χ1) is 15.5. The molecule has 0 spiro atoms. The van der Waals surface area contributed by atoms with Crippen LogP contribution in [0.15, 0.2) is 59.9 Å². The van der Waals surface area contributed by atoms with Gasteiger partial charge < -0.3 is 14.6 Å². The molecule has 2 aromatic rings. The van der Waals surface area contributed by atoms with Gasteiger partial charge in [-0.2, -0.15) is 18.2 Å². The van der Waals surface area contributed by atoms with Gasteiger partial charge in [0.25, 0.3) is 5.91 Å². The SMILES string of the molecule is C=C/C(Cc1nc(=O)c(O)c2n1CCN(C(C)C)C2=O)=C(\C=C)c1ccc(C(F)(F)F)cc1. The summed E-state index contributed by atoms with van der Waals surface area (Å²) in [5, 5.41) is 10.3. The number of benzene rings is 1. The second kappa shape index (κ2) is 9.09. The van der Waals surface area contributed by atoms with Gasteiger partial charge in [-0.25, -0.2) is 0 Å². The highest BCUT2D eigenvalue weighted by molar-refractivity contribution is 5.96. The van der Waals surface area contributed by atoms with Crippen LogP contribution < -0.4 is 5.56 Å². The fraction of sp³-hybridized carbons (Fsp3) is 0.292. The molecule has 0 radical (unpaired) electrons. The summed E-state index contributed by atoms with van der Waals surface area (Å²) in [6.45, 7) is 11.9. The zero-order valence-corrected chi connectivity index (χ0v) is 18.3. The van der Waals surface area contributed by atoms with Gasteiger partial charge in [-0.3, -0.25) is 9.59 Å². The van der Waals surface area contributed by atoms with Crippen molar-refractivity contribution in [2.75, 3.05) is 6.54 Å². The van der Waals surface area contributed by atoms with Crippen LogP contribution in [0.5, 0.6) is 5.75 Å². The highest BCUT2D eigenvalue weighted by Crippen LogP contribution is 2.31. The maximum atomic E-state index is 12.9. The smallest absolute Gasteiger partial charge is 0.416 e. The summed E-state index contributed by atoms with van der Waals surface area (Å²) in [7, 11) is 0. The summed E-state index contributed by atoms with van der Waals surface area (Å²) < 4.78 is 40.3. The molecule has 0 saturated carbocycles. The zero-order valence-electron chi connectivity index (χ0n) is 18.3. The Morgan fingerprint density at radius 2 is 1.79 bits per heavy atom. The van der Waals surface area contributed by atoms with E-state index in [1.54, 1.807) is 4.90 Å². The van der Waals surface area contributed by atoms with Crippen LogP contribution in [0.2, 0.25) is 0 Å². The van der Waals surface area contributed by atoms with Crippen molar-refractivity contribution in [1.82, 2.24) is 14.5 Å². The van der Waals surface area contributed by atoms with Crippen LogP contribution >= 0.6 is 0 Å². The second-order valence-electron chi connectivity index (χ2n) is 7.87. The van der Waals surface area contributed by atoms with Crippen LogP contribution in [0.25, 0.3) is 5.57 Å². The van der Waals surface area contributed by atoms with E-state index in [4.69, 9.17) is 0 Å². The molecule has 174 valence electrons. The number of hydrogen-bond donors (Lipinski definition) is 1. The Kier molecular flexibility index (Phi) is 6.62. The molecule has 0 bridgehead atoms. The van der Waals surface area contributed by atoms with Crippen molar-refractivity contribution in [3.05, 3.63) is 88.1 Å². The fourth-order valence-corrected chi connectivity index (χ4v) is 3.84. The van der Waals surface area contributed by atoms with Crippen LogP contribution in [-0.2, 0) is 19.1 Å². The molecule has 1 amide bonds. The van der Waals surface area contributed by atoms with Gasteiger partial charge in [-0.1, -0.05) is 37.4 Å². The Morgan fingerprint density at radius 3 is 2.30 bits per heavy atom. The van der Waals surface area contributed by atoms with Gasteiger partial charge in [0.1, 0.15) is 5.82 Å². The van der Waals surface area contributed by atoms with E-state index in [9.17, 15) is 27.9 Å². The molecule has 0 atom stereocenters. The highest BCUT2D eigenvalue weighted by Gasteiger charge is 2.32. The Hall–Kier alpha value is -3.62. The molecule has 1 aliphatic heterocycles. The van der Waals surface area contributed by atoms with Gasteiger partial charge in [0, 0.05) is 25.6 Å². The van der Waals surface area contributed by atoms with Crippen molar-refractivity contribution in [2.24, 2.45) is 0 Å². The molecule has 6 nitrogen and oxygen atoms in total. The molecular formula is C24H24F3N3O3. The number of rotatable bonds is 6. The topological polar surface area (TPSA) is 75.4 Å². The maximum absolute atomic E-state index is 12.9. The Bertz CT molecular complexity index is 1190. The second-order valence-corrected chi connectivity index (χ2v) is 7.87. The maximum Gasteiger partial charge on any atom is 0.416 e. The third-order valence-electron chi connectivity index (χ3n) is 5.56. The zero-order chi connectivity index (χ0) is 24.5. The lowest BCUT2D eigenvalue weighted by atomic mass is 9.96. The molecule has 3 rings (SSSR count). The molecular weight excluding hydrogens is 435 g/mol. The summed E-state index contributed by atoms with van der Waals surface area (Å²) in [4.78, 5) is 30.7. The lowest BCUT2D eigenvalue weighted by molar-refractivity contribution is -0.137. The molecule has 0 fully saturated rings. The minimum atomic E-state index is -4.45. The van der Waals surface area contributed by atoms with Gasteiger partial charge in [0.15, 0.2) is 5.69 Å². The highest BCUT2D eigenvalue weighted by atomic mass is 19.4. The van der Waals surface area contributed by atoms with Crippen molar-refractivity contribution < 1.29 is 23.1 Å². The van der Waals surface area contributed by atoms with Gasteiger partial charge in [0.2, 0.25) is 5.75 Å². The Labute approximate surface area is 189 Å². The predicted octanol–water partition coefficient (Wildman–Crippen LogP) is 4.20. The average molecular weight is 459 g/mol. The summed E-state index contributed by atoms with van der Waals surface area (Å²) >= 11 is 0. The molecule has 1 aliphatic rings. The van der Waals surface area contributed by atoms with Crippen molar-refractivity contribution in [3.63, 3.8) is 0 Å². The molecule has 1 aromatic heterocycles. The number of alkyl halides is 3. The molecule has 0 saturated heterocycles. The van der Waals surface area contributed by atoms with Crippen molar-refractivity contribution >= 4 is 11.5 Å². The fourth-order valence-electron chi connectivity index (χ4n) is 3.84. The van der Waals surface area contributed by atoms with Crippen LogP contribution in [0.3, 0.4) is 0 Å². The van der Waals surface area contributed by atoms with Gasteiger partial charge in [-0.05, 0) is 42.7 Å². The lowest BCUT2D eigenvalue weighted by Crippen LogP contribution is -2.46. The largest absolute Gasteiger partial charge is 0.501 e. The monoisotopic (exact) mass is 459 g/mol. The van der Waals surface area contributed by atoms with Crippen molar-refractivity contribution in [3.8, 4) is 5.75 Å². The Balaban J connectivity index is 2.09. The molecule has 1 N–H and O–H groups in total. The van der Waals surface area contributed by atoms with Gasteiger partial charge >= 0.3 is 11.7 Å². The number of hydrogen-bond acceptors (Lipinski definition) is 4. The predicted molar refractivity (Wildman–Crippen MR) is 119 cm³/mol. The standard InChI is InChI=1S/C24H24F3N3O3/c1-5-15(18(6-2)16-7-9-17(10-8-16)24(25,26)27)13-19-28-22(32)21(31)20-23(33)29(14(3)4)11-12-30(19)20/h5-10,14,31H,1-2,11-13H2,3-4H3/b18-15-. The number of allylic oxidation sites excluding steroid dienone is 4. The molecule has 33 heavy (non-hydrogen) atoms. The minimum absolute atomic E-state index is 0.0589. The third-order valence-corrected chi connectivity index (χ3v) is 5.56. The van der Waals surface area contributed by atoms with Gasteiger partial charge in [-0.15, -0.1) is 0 Å². The quantitative estimate of drug-likeness (QED) is 0.657. The van der Waals surface area contributed by atoms with E-state index in [1.165, 1.54) is 28.9 Å². The lowest BCUT2D eigenvalue weighted by Gasteiger charge is -2.34. The molecule has 9 heteroatoms. The molecule has 0 aliphatic carbocycles. The van der Waals surface area contributed by atoms with E-state index >= 15 is 0 Å². The van der Waals surface area contributed by atoms with E-state index in [1.807, 2.05) is 13.8 Å². The number of carbonyl (C=O) groups is 1. The van der Waals surface area contributed by atoms with E-state index in [0.29, 0.717) is 29.8 Å². The Morgan fingerprint density at radius 1 is 1.15 bits per heavy atom. The first-order valence-electron chi connectivity index (χ1n) is 10.3. The average Bonchev–Trinajstić information content (AvgIpc) is 2.76. The number of amides is 1. The van der Waals surface area contributed by atoms with E-state index < -0.39 is 29.0 Å². The first-order valence-corrected chi connectivity index (χ1v) is 10.3. The van der Waals surface area contributed by atoms with Crippen molar-refractivity contribution in [1.29, 1.82) is 0 Å². The van der Waals surface area contributed by atoms with Crippen molar-refractivity contribution in [2.45, 2.75) is 39.0 Å².